The van der Waals surface area contributed by atoms with E-state index in [1.165, 1.54) is 55.2 Å². The van der Waals surface area contributed by atoms with Crippen LogP contribution < -0.4 is 19.8 Å². The Labute approximate surface area is 195 Å². The maximum Gasteiger partial charge on any atom is 0.213 e. The van der Waals surface area contributed by atoms with Gasteiger partial charge in [0, 0.05) is 40.1 Å². The minimum atomic E-state index is -1.86. The molecule has 0 unspecified atom stereocenters. The molecular weight excluding hydrogens is 416 g/mol. The van der Waals surface area contributed by atoms with Gasteiger partial charge in [-0.25, -0.2) is 0 Å². The Hall–Kier alpha value is -3.69. The van der Waals surface area contributed by atoms with Gasteiger partial charge < -0.3 is 4.90 Å². The normalized spacial score (nSPS) is 15.0. The first-order chi connectivity index (χ1) is 16.1. The third-order valence-corrected chi connectivity index (χ3v) is 11.0. The second-order valence-electron chi connectivity index (χ2n) is 9.70. The number of nitrogens with zero attached hydrogens (tertiary/aromatic N) is 2. The first-order valence-corrected chi connectivity index (χ1v) is 14.7. The van der Waals surface area contributed by atoms with E-state index in [4.69, 9.17) is 0 Å². The molecule has 5 aromatic rings. The number of para-hydroxylation sites is 3. The first-order valence-electron chi connectivity index (χ1n) is 11.7. The van der Waals surface area contributed by atoms with Crippen LogP contribution in [0, 0.1) is 0 Å². The Kier molecular flexibility index (Phi) is 3.80. The van der Waals surface area contributed by atoms with Crippen LogP contribution in [0.1, 0.15) is 5.56 Å². The van der Waals surface area contributed by atoms with Crippen molar-refractivity contribution in [1.29, 1.82) is 0 Å². The highest BCUT2D eigenvalue weighted by Gasteiger charge is 2.41. The average molecular weight is 442 g/mol. The van der Waals surface area contributed by atoms with Crippen LogP contribution in [0.4, 0.5) is 17.1 Å². The zero-order chi connectivity index (χ0) is 22.2. The van der Waals surface area contributed by atoms with Gasteiger partial charge in [-0.3, -0.25) is 0 Å². The predicted octanol–water partition coefficient (Wildman–Crippen LogP) is 5.76. The van der Waals surface area contributed by atoms with Crippen LogP contribution in [0.3, 0.4) is 0 Å². The second kappa shape index (κ2) is 6.66. The van der Waals surface area contributed by atoms with Crippen molar-refractivity contribution < 1.29 is 4.57 Å². The molecule has 7 rings (SSSR count). The number of anilines is 3. The number of pyridine rings is 1. The van der Waals surface area contributed by atoms with Gasteiger partial charge in [0.25, 0.3) is 0 Å². The summed E-state index contributed by atoms with van der Waals surface area (Å²) in [6.07, 6.45) is 0. The van der Waals surface area contributed by atoms with E-state index < -0.39 is 8.07 Å². The van der Waals surface area contributed by atoms with E-state index in [-0.39, 0.29) is 0 Å². The van der Waals surface area contributed by atoms with Crippen molar-refractivity contribution in [3.05, 3.63) is 109 Å². The minimum Gasteiger partial charge on any atom is -0.311 e. The molecule has 0 radical (unpaired) electrons. The van der Waals surface area contributed by atoms with Crippen LogP contribution in [0.2, 0.25) is 13.1 Å². The summed E-state index contributed by atoms with van der Waals surface area (Å²) in [6, 6.07) is 38.1. The number of hydrogen-bond acceptors (Lipinski definition) is 1. The molecule has 0 N–H and O–H groups in total. The second-order valence-corrected chi connectivity index (χ2v) is 14.0. The van der Waals surface area contributed by atoms with Crippen LogP contribution in [0.15, 0.2) is 103 Å². The van der Waals surface area contributed by atoms with Gasteiger partial charge in [-0.15, -0.1) is 0 Å². The van der Waals surface area contributed by atoms with Crippen LogP contribution in [-0.4, -0.2) is 8.07 Å². The van der Waals surface area contributed by atoms with Crippen LogP contribution >= 0.6 is 0 Å². The predicted molar refractivity (Wildman–Crippen MR) is 140 cm³/mol. The van der Waals surface area contributed by atoms with Gasteiger partial charge in [-0.1, -0.05) is 67.7 Å². The van der Waals surface area contributed by atoms with Gasteiger partial charge in [-0.2, -0.15) is 4.57 Å². The molecule has 0 spiro atoms. The van der Waals surface area contributed by atoms with Gasteiger partial charge in [-0.05, 0) is 46.8 Å². The molecule has 1 aromatic heterocycles. The molecular formula is C30H25N2Si+. The van der Waals surface area contributed by atoms with E-state index in [1.807, 2.05) is 0 Å². The summed E-state index contributed by atoms with van der Waals surface area (Å²) in [4.78, 5) is 2.48. The average Bonchev–Trinajstić information content (AvgIpc) is 3.22. The highest BCUT2D eigenvalue weighted by atomic mass is 28.3. The van der Waals surface area contributed by atoms with Gasteiger partial charge in [0.15, 0.2) is 6.54 Å². The molecule has 3 heterocycles. The summed E-state index contributed by atoms with van der Waals surface area (Å²) in [5.74, 6) is 0. The van der Waals surface area contributed by atoms with E-state index >= 15 is 0 Å². The van der Waals surface area contributed by atoms with Gasteiger partial charge in [0.2, 0.25) is 11.2 Å². The molecule has 33 heavy (non-hydrogen) atoms. The smallest absolute Gasteiger partial charge is 0.213 e. The Morgan fingerprint density at radius 1 is 0.697 bits per heavy atom. The summed E-state index contributed by atoms with van der Waals surface area (Å²) >= 11 is 0. The molecule has 3 heteroatoms. The highest BCUT2D eigenvalue weighted by molar-refractivity contribution is 7.02. The molecule has 0 aliphatic carbocycles. The number of hydrogen-bond donors (Lipinski definition) is 0. The summed E-state index contributed by atoms with van der Waals surface area (Å²) in [5.41, 5.74) is 9.33. The lowest BCUT2D eigenvalue weighted by molar-refractivity contribution is -0.645. The maximum absolute atomic E-state index is 2.53. The standard InChI is InChI=1S/C30H25N2Si/c1-33(2)29-15-9-8-14-27(29)32(23-11-4-3-5-12-23)28-19-24-22(18-30(28)33)20-31-25-13-7-6-10-21(25)16-17-26(24)31/h3-19H,20H2,1-2H3/q+1. The van der Waals surface area contributed by atoms with E-state index in [9.17, 15) is 0 Å². The molecule has 0 saturated heterocycles. The fourth-order valence-corrected chi connectivity index (χ4v) is 8.85. The topological polar surface area (TPSA) is 7.12 Å². The van der Waals surface area contributed by atoms with Crippen LogP contribution in [-0.2, 0) is 6.54 Å². The monoisotopic (exact) mass is 441 g/mol. The lowest BCUT2D eigenvalue weighted by Gasteiger charge is -2.41. The number of rotatable bonds is 1. The molecule has 0 atom stereocenters. The summed E-state index contributed by atoms with van der Waals surface area (Å²) in [6.45, 7) is 5.95. The summed E-state index contributed by atoms with van der Waals surface area (Å²) in [5, 5.41) is 4.34. The SMILES string of the molecule is C[Si]1(C)c2ccccc2N(c2ccccc2)c2cc3c(cc21)C[n+]1c-3ccc2ccccc21. The van der Waals surface area contributed by atoms with Crippen LogP contribution in [0.5, 0.6) is 0 Å². The third-order valence-electron chi connectivity index (χ3n) is 7.51. The fraction of sp³-hybridized carbons (Fsp3) is 0.100. The number of fused-ring (bicyclic) bond motifs is 7. The van der Waals surface area contributed by atoms with Gasteiger partial charge in [0.05, 0.1) is 5.56 Å². The van der Waals surface area contributed by atoms with Crippen molar-refractivity contribution in [1.82, 2.24) is 0 Å². The van der Waals surface area contributed by atoms with Crippen molar-refractivity contribution in [2.45, 2.75) is 19.6 Å². The van der Waals surface area contributed by atoms with Crippen LogP contribution in [0.25, 0.3) is 22.2 Å². The molecule has 2 aliphatic rings. The molecule has 2 nitrogen and oxygen atoms in total. The minimum absolute atomic E-state index is 0.941. The largest absolute Gasteiger partial charge is 0.311 e. The van der Waals surface area contributed by atoms with E-state index in [0.29, 0.717) is 0 Å². The molecule has 0 amide bonds. The van der Waals surface area contributed by atoms with Crippen molar-refractivity contribution in [3.8, 4) is 11.3 Å². The molecule has 4 aromatic carbocycles. The summed E-state index contributed by atoms with van der Waals surface area (Å²) in [7, 11) is -1.86. The van der Waals surface area contributed by atoms with E-state index in [1.54, 1.807) is 0 Å². The zero-order valence-corrected chi connectivity index (χ0v) is 19.9. The Balaban J connectivity index is 1.52. The van der Waals surface area contributed by atoms with E-state index in [2.05, 4.69) is 126 Å². The fourth-order valence-electron chi connectivity index (χ4n) is 5.85. The number of benzene rings is 4. The zero-order valence-electron chi connectivity index (χ0n) is 18.9. The Morgan fingerprint density at radius 3 is 2.33 bits per heavy atom. The van der Waals surface area contributed by atoms with Crippen molar-refractivity contribution in [2.75, 3.05) is 4.90 Å². The molecule has 158 valence electrons. The highest BCUT2D eigenvalue weighted by Crippen LogP contribution is 2.41. The molecule has 0 saturated carbocycles. The summed E-state index contributed by atoms with van der Waals surface area (Å²) < 4.78 is 2.49. The Bertz CT molecular complexity index is 1570. The third kappa shape index (κ3) is 2.57. The van der Waals surface area contributed by atoms with Gasteiger partial charge >= 0.3 is 0 Å². The maximum atomic E-state index is 2.53. The number of aromatic nitrogens is 1. The Morgan fingerprint density at radius 2 is 1.45 bits per heavy atom. The quantitative estimate of drug-likeness (QED) is 0.232. The molecule has 0 bridgehead atoms. The van der Waals surface area contributed by atoms with Gasteiger partial charge in [0.1, 0.15) is 8.07 Å². The first kappa shape index (κ1) is 18.8. The van der Waals surface area contributed by atoms with E-state index in [0.717, 1.165) is 6.54 Å². The lowest BCUT2D eigenvalue weighted by atomic mass is 10.0. The molecule has 2 aliphatic heterocycles. The van der Waals surface area contributed by atoms with Crippen molar-refractivity contribution >= 4 is 46.4 Å². The van der Waals surface area contributed by atoms with Crippen molar-refractivity contribution in [3.63, 3.8) is 0 Å². The molecule has 0 fully saturated rings. The van der Waals surface area contributed by atoms with Crippen molar-refractivity contribution in [2.24, 2.45) is 0 Å². The lowest BCUT2D eigenvalue weighted by Crippen LogP contribution is -2.58.